The van der Waals surface area contributed by atoms with E-state index in [9.17, 15) is 9.18 Å². The van der Waals surface area contributed by atoms with Gasteiger partial charge in [0.2, 0.25) is 0 Å². The Morgan fingerprint density at radius 2 is 2.19 bits per heavy atom. The molecule has 1 nitrogen and oxygen atoms in total. The third-order valence-electron chi connectivity index (χ3n) is 1.96. The fourth-order valence-electron chi connectivity index (χ4n) is 1.19. The van der Waals surface area contributed by atoms with Gasteiger partial charge in [0.05, 0.1) is 10.2 Å². The molecule has 0 aliphatic carbocycles. The summed E-state index contributed by atoms with van der Waals surface area (Å²) >= 11 is 4.74. The van der Waals surface area contributed by atoms with Gasteiger partial charge in [-0.3, -0.25) is 4.79 Å². The molecule has 0 N–H and O–H groups in total. The van der Waals surface area contributed by atoms with Gasteiger partial charge < -0.3 is 0 Å². The van der Waals surface area contributed by atoms with Gasteiger partial charge in [0.25, 0.3) is 0 Å². The highest BCUT2D eigenvalue weighted by Gasteiger charge is 2.07. The van der Waals surface area contributed by atoms with Crippen LogP contribution in [0.15, 0.2) is 22.7 Å². The second kappa shape index (κ2) is 6.40. The van der Waals surface area contributed by atoms with E-state index in [-0.39, 0.29) is 11.6 Å². The number of hydrogen-bond acceptors (Lipinski definition) is 2. The maximum atomic E-state index is 13.0. The summed E-state index contributed by atoms with van der Waals surface area (Å²) in [5.41, 5.74) is 0.850. The number of carbonyl (C=O) groups excluding carboxylic acids is 1. The minimum atomic E-state index is -0.298. The van der Waals surface area contributed by atoms with Crippen LogP contribution >= 0.6 is 27.7 Å². The highest BCUT2D eigenvalue weighted by Crippen LogP contribution is 2.18. The third-order valence-corrected chi connectivity index (χ3v) is 3.73. The maximum absolute atomic E-state index is 13.0. The Bertz CT molecular complexity index is 379. The number of rotatable bonds is 5. The lowest BCUT2D eigenvalue weighted by Crippen LogP contribution is -2.07. The van der Waals surface area contributed by atoms with Crippen molar-refractivity contribution in [2.75, 3.05) is 5.75 Å². The van der Waals surface area contributed by atoms with E-state index < -0.39 is 0 Å². The molecule has 4 heteroatoms. The number of hydrogen-bond donors (Lipinski definition) is 0. The Labute approximate surface area is 108 Å². The first-order chi connectivity index (χ1) is 7.49. The molecule has 0 amide bonds. The number of ketones is 1. The van der Waals surface area contributed by atoms with Gasteiger partial charge in [0.1, 0.15) is 11.6 Å². The second-order valence-electron chi connectivity index (χ2n) is 3.82. The maximum Gasteiger partial charge on any atom is 0.147 e. The zero-order valence-corrected chi connectivity index (χ0v) is 11.7. The molecule has 0 saturated carbocycles. The molecule has 0 aliphatic rings. The Morgan fingerprint density at radius 1 is 1.50 bits per heavy atom. The van der Waals surface area contributed by atoms with E-state index in [0.717, 1.165) is 5.56 Å². The van der Waals surface area contributed by atoms with E-state index in [1.54, 1.807) is 23.9 Å². The highest BCUT2D eigenvalue weighted by molar-refractivity contribution is 9.10. The van der Waals surface area contributed by atoms with Crippen molar-refractivity contribution in [3.63, 3.8) is 0 Å². The minimum Gasteiger partial charge on any atom is -0.298 e. The van der Waals surface area contributed by atoms with Crippen molar-refractivity contribution in [1.29, 1.82) is 0 Å². The average molecular weight is 305 g/mol. The molecule has 16 heavy (non-hydrogen) atoms. The number of carbonyl (C=O) groups is 1. The molecule has 0 spiro atoms. The van der Waals surface area contributed by atoms with Gasteiger partial charge in [0.15, 0.2) is 0 Å². The molecule has 0 unspecified atom stereocenters. The molecule has 0 aromatic heterocycles. The van der Waals surface area contributed by atoms with E-state index >= 15 is 0 Å². The zero-order chi connectivity index (χ0) is 12.1. The van der Waals surface area contributed by atoms with Gasteiger partial charge in [-0.05, 0) is 38.9 Å². The fraction of sp³-hybridized carbons (Fsp3) is 0.417. The Morgan fingerprint density at radius 3 is 2.75 bits per heavy atom. The van der Waals surface area contributed by atoms with Gasteiger partial charge in [-0.1, -0.05) is 19.9 Å². The summed E-state index contributed by atoms with van der Waals surface area (Å²) in [4.78, 5) is 11.6. The van der Waals surface area contributed by atoms with Crippen molar-refractivity contribution >= 4 is 33.5 Å². The standard InChI is InChI=1S/C12H14BrFOS/c1-8(2)16-7-10(15)5-9-3-4-12(14)11(13)6-9/h3-4,6,8H,5,7H2,1-2H3. The van der Waals surface area contributed by atoms with Gasteiger partial charge in [-0.2, -0.15) is 11.8 Å². The molecule has 0 atom stereocenters. The molecule has 0 fully saturated rings. The van der Waals surface area contributed by atoms with E-state index in [1.165, 1.54) is 6.07 Å². The van der Waals surface area contributed by atoms with E-state index in [0.29, 0.717) is 21.9 Å². The van der Waals surface area contributed by atoms with Crippen molar-refractivity contribution in [2.45, 2.75) is 25.5 Å². The summed E-state index contributed by atoms with van der Waals surface area (Å²) in [6, 6.07) is 4.69. The van der Waals surface area contributed by atoms with E-state index in [1.807, 2.05) is 0 Å². The normalized spacial score (nSPS) is 10.8. The number of benzene rings is 1. The molecule has 88 valence electrons. The first-order valence-corrected chi connectivity index (χ1v) is 6.90. The largest absolute Gasteiger partial charge is 0.298 e. The summed E-state index contributed by atoms with van der Waals surface area (Å²) in [7, 11) is 0. The van der Waals surface area contributed by atoms with Crippen molar-refractivity contribution in [2.24, 2.45) is 0 Å². The van der Waals surface area contributed by atoms with Crippen LogP contribution in [0.25, 0.3) is 0 Å². The molecule has 1 rings (SSSR count). The van der Waals surface area contributed by atoms with E-state index in [4.69, 9.17) is 0 Å². The van der Waals surface area contributed by atoms with Crippen LogP contribution in [-0.4, -0.2) is 16.8 Å². The minimum absolute atomic E-state index is 0.178. The second-order valence-corrected chi connectivity index (χ2v) is 6.24. The van der Waals surface area contributed by atoms with Gasteiger partial charge in [-0.15, -0.1) is 0 Å². The average Bonchev–Trinajstić information content (AvgIpc) is 2.21. The molecule has 1 aromatic carbocycles. The van der Waals surface area contributed by atoms with Gasteiger partial charge >= 0.3 is 0 Å². The van der Waals surface area contributed by atoms with Crippen molar-refractivity contribution < 1.29 is 9.18 Å². The molecular formula is C12H14BrFOS. The topological polar surface area (TPSA) is 17.1 Å². The van der Waals surface area contributed by atoms with Crippen molar-refractivity contribution in [3.8, 4) is 0 Å². The smallest absolute Gasteiger partial charge is 0.147 e. The Balaban J connectivity index is 2.53. The predicted octanol–water partition coefficient (Wildman–Crippen LogP) is 3.84. The lowest BCUT2D eigenvalue weighted by Gasteiger charge is -2.05. The summed E-state index contributed by atoms with van der Waals surface area (Å²) in [6.45, 7) is 4.12. The highest BCUT2D eigenvalue weighted by atomic mass is 79.9. The first-order valence-electron chi connectivity index (χ1n) is 5.06. The fourth-order valence-corrected chi connectivity index (χ4v) is 2.24. The molecule has 0 saturated heterocycles. The third kappa shape index (κ3) is 4.66. The van der Waals surface area contributed by atoms with Crippen LogP contribution in [0.1, 0.15) is 19.4 Å². The van der Waals surface area contributed by atoms with Crippen LogP contribution in [0.2, 0.25) is 0 Å². The molecule has 0 radical (unpaired) electrons. The van der Waals surface area contributed by atoms with Crippen molar-refractivity contribution in [3.05, 3.63) is 34.1 Å². The van der Waals surface area contributed by atoms with Crippen LogP contribution in [0.3, 0.4) is 0 Å². The zero-order valence-electron chi connectivity index (χ0n) is 9.30. The van der Waals surface area contributed by atoms with Crippen LogP contribution in [0.4, 0.5) is 4.39 Å². The molecule has 0 aliphatic heterocycles. The van der Waals surface area contributed by atoms with Gasteiger partial charge in [0, 0.05) is 6.42 Å². The van der Waals surface area contributed by atoms with Crippen LogP contribution in [0.5, 0.6) is 0 Å². The van der Waals surface area contributed by atoms with Crippen LogP contribution in [0, 0.1) is 5.82 Å². The number of thioether (sulfide) groups is 1. The lowest BCUT2D eigenvalue weighted by atomic mass is 10.1. The Kier molecular flexibility index (Phi) is 5.49. The van der Waals surface area contributed by atoms with Crippen LogP contribution < -0.4 is 0 Å². The number of halogens is 2. The lowest BCUT2D eigenvalue weighted by molar-refractivity contribution is -0.116. The molecule has 0 bridgehead atoms. The molecule has 0 heterocycles. The monoisotopic (exact) mass is 304 g/mol. The summed E-state index contributed by atoms with van der Waals surface area (Å²) in [5, 5.41) is 0.462. The first kappa shape index (κ1) is 13.7. The van der Waals surface area contributed by atoms with E-state index in [2.05, 4.69) is 29.8 Å². The molecular weight excluding hydrogens is 291 g/mol. The SMILES string of the molecule is CC(C)SCC(=O)Cc1ccc(F)c(Br)c1. The number of Topliss-reactive ketones (excluding diaryl/α,β-unsaturated/α-hetero) is 1. The summed E-state index contributed by atoms with van der Waals surface area (Å²) in [5.74, 6) is 0.400. The summed E-state index contributed by atoms with van der Waals surface area (Å²) in [6.07, 6.45) is 0.374. The van der Waals surface area contributed by atoms with Gasteiger partial charge in [-0.25, -0.2) is 4.39 Å². The quantitative estimate of drug-likeness (QED) is 0.822. The van der Waals surface area contributed by atoms with Crippen LogP contribution in [-0.2, 0) is 11.2 Å². The van der Waals surface area contributed by atoms with Crippen molar-refractivity contribution in [1.82, 2.24) is 0 Å². The predicted molar refractivity (Wildman–Crippen MR) is 70.4 cm³/mol. The Hall–Kier alpha value is -0.350. The molecule has 1 aromatic rings. The summed E-state index contributed by atoms with van der Waals surface area (Å²) < 4.78 is 13.4.